The molecule has 0 saturated carbocycles. The van der Waals surface area contributed by atoms with Gasteiger partial charge in [-0.1, -0.05) is 6.07 Å². The van der Waals surface area contributed by atoms with Crippen LogP contribution in [0.3, 0.4) is 0 Å². The molecule has 0 atom stereocenters. The van der Waals surface area contributed by atoms with E-state index in [1.54, 1.807) is 4.90 Å². The lowest BCUT2D eigenvalue weighted by Gasteiger charge is -2.36. The molecule has 0 aromatic heterocycles. The van der Waals surface area contributed by atoms with Crippen molar-refractivity contribution in [3.63, 3.8) is 0 Å². The fourth-order valence-electron chi connectivity index (χ4n) is 2.08. The summed E-state index contributed by atoms with van der Waals surface area (Å²) in [6.45, 7) is 4.43. The van der Waals surface area contributed by atoms with Gasteiger partial charge in [0.05, 0.1) is 13.1 Å². The highest BCUT2D eigenvalue weighted by atomic mass is 16.5. The van der Waals surface area contributed by atoms with Crippen molar-refractivity contribution < 1.29 is 9.53 Å². The Kier molecular flexibility index (Phi) is 3.87. The third-order valence-corrected chi connectivity index (χ3v) is 3.13. The number of carbonyl (C=O) groups is 1. The molecule has 0 spiro atoms. The average molecular weight is 248 g/mol. The van der Waals surface area contributed by atoms with Gasteiger partial charge in [0.15, 0.2) is 0 Å². The summed E-state index contributed by atoms with van der Waals surface area (Å²) in [6, 6.07) is 6.19. The number of benzene rings is 1. The predicted octanol–water partition coefficient (Wildman–Crippen LogP) is 1.28. The smallest absolute Gasteiger partial charge is 0.209 e. The Morgan fingerprint density at radius 1 is 1.44 bits per heavy atom. The SMILES string of the molecule is Cc1cc(OC2CN(C=O)C2)ccc1CN(C)C. The van der Waals surface area contributed by atoms with Gasteiger partial charge in [0.2, 0.25) is 6.41 Å². The number of hydrogen-bond donors (Lipinski definition) is 0. The van der Waals surface area contributed by atoms with Crippen LogP contribution in [-0.2, 0) is 11.3 Å². The van der Waals surface area contributed by atoms with Crippen LogP contribution in [-0.4, -0.2) is 49.5 Å². The number of carbonyl (C=O) groups excluding carboxylic acids is 1. The number of ether oxygens (including phenoxy) is 1. The van der Waals surface area contributed by atoms with Crippen LogP contribution in [0.4, 0.5) is 0 Å². The van der Waals surface area contributed by atoms with Crippen molar-refractivity contribution in [3.8, 4) is 5.75 Å². The van der Waals surface area contributed by atoms with Crippen molar-refractivity contribution in [2.75, 3.05) is 27.2 Å². The fourth-order valence-corrected chi connectivity index (χ4v) is 2.08. The van der Waals surface area contributed by atoms with Crippen LogP contribution in [0.25, 0.3) is 0 Å². The van der Waals surface area contributed by atoms with E-state index in [2.05, 4.69) is 38.1 Å². The summed E-state index contributed by atoms with van der Waals surface area (Å²) in [5, 5.41) is 0. The zero-order chi connectivity index (χ0) is 13.1. The second-order valence-corrected chi connectivity index (χ2v) is 5.13. The van der Waals surface area contributed by atoms with Crippen LogP contribution in [0.5, 0.6) is 5.75 Å². The second-order valence-electron chi connectivity index (χ2n) is 5.13. The molecular formula is C14H20N2O2. The third kappa shape index (κ3) is 3.01. The molecule has 1 fully saturated rings. The molecule has 0 unspecified atom stereocenters. The predicted molar refractivity (Wildman–Crippen MR) is 70.6 cm³/mol. The maximum Gasteiger partial charge on any atom is 0.209 e. The highest BCUT2D eigenvalue weighted by Gasteiger charge is 2.26. The van der Waals surface area contributed by atoms with E-state index in [9.17, 15) is 4.79 Å². The molecule has 1 saturated heterocycles. The lowest BCUT2D eigenvalue weighted by molar-refractivity contribution is -0.126. The van der Waals surface area contributed by atoms with E-state index in [0.29, 0.717) is 13.1 Å². The molecule has 4 heteroatoms. The Bertz CT molecular complexity index is 426. The van der Waals surface area contributed by atoms with Crippen molar-refractivity contribution >= 4 is 6.41 Å². The molecule has 1 heterocycles. The number of amides is 1. The number of hydrogen-bond acceptors (Lipinski definition) is 3. The van der Waals surface area contributed by atoms with E-state index in [1.165, 1.54) is 11.1 Å². The van der Waals surface area contributed by atoms with E-state index in [0.717, 1.165) is 18.7 Å². The maximum absolute atomic E-state index is 10.5. The average Bonchev–Trinajstić information content (AvgIpc) is 2.26. The zero-order valence-electron chi connectivity index (χ0n) is 11.2. The van der Waals surface area contributed by atoms with Gasteiger partial charge in [-0.05, 0) is 44.3 Å². The Hall–Kier alpha value is -1.55. The summed E-state index contributed by atoms with van der Waals surface area (Å²) >= 11 is 0. The first-order chi connectivity index (χ1) is 8.58. The molecule has 1 aliphatic heterocycles. The fraction of sp³-hybridized carbons (Fsp3) is 0.500. The maximum atomic E-state index is 10.5. The van der Waals surface area contributed by atoms with E-state index < -0.39 is 0 Å². The number of aryl methyl sites for hydroxylation is 1. The van der Waals surface area contributed by atoms with Crippen molar-refractivity contribution in [2.45, 2.75) is 19.6 Å². The lowest BCUT2D eigenvalue weighted by atomic mass is 10.1. The number of likely N-dealkylation sites (tertiary alicyclic amines) is 1. The van der Waals surface area contributed by atoms with Crippen molar-refractivity contribution in [3.05, 3.63) is 29.3 Å². The Labute approximate surface area is 108 Å². The quantitative estimate of drug-likeness (QED) is 0.736. The molecule has 4 nitrogen and oxygen atoms in total. The van der Waals surface area contributed by atoms with Crippen molar-refractivity contribution in [1.82, 2.24) is 9.80 Å². The first-order valence-electron chi connectivity index (χ1n) is 6.18. The standard InChI is InChI=1S/C14H20N2O2/c1-11-6-13(5-4-12(11)7-15(2)3)18-14-8-16(9-14)10-17/h4-6,10,14H,7-9H2,1-3H3. The lowest BCUT2D eigenvalue weighted by Crippen LogP contribution is -2.52. The summed E-state index contributed by atoms with van der Waals surface area (Å²) in [6.07, 6.45) is 1.01. The molecular weight excluding hydrogens is 228 g/mol. The summed E-state index contributed by atoms with van der Waals surface area (Å²) in [5.41, 5.74) is 2.56. The molecule has 1 amide bonds. The molecule has 0 bridgehead atoms. The van der Waals surface area contributed by atoms with Crippen molar-refractivity contribution in [2.24, 2.45) is 0 Å². The summed E-state index contributed by atoms with van der Waals surface area (Å²) < 4.78 is 5.81. The van der Waals surface area contributed by atoms with Crippen LogP contribution in [0.1, 0.15) is 11.1 Å². The zero-order valence-corrected chi connectivity index (χ0v) is 11.2. The third-order valence-electron chi connectivity index (χ3n) is 3.13. The Balaban J connectivity index is 1.94. The molecule has 1 aromatic rings. The van der Waals surface area contributed by atoms with Crippen LogP contribution < -0.4 is 4.74 Å². The minimum absolute atomic E-state index is 0.147. The summed E-state index contributed by atoms with van der Waals surface area (Å²) in [5.74, 6) is 0.894. The summed E-state index contributed by atoms with van der Waals surface area (Å²) in [4.78, 5) is 14.3. The molecule has 1 aliphatic rings. The van der Waals surface area contributed by atoms with Gasteiger partial charge in [0.1, 0.15) is 11.9 Å². The first-order valence-corrected chi connectivity index (χ1v) is 6.18. The van der Waals surface area contributed by atoms with Crippen LogP contribution in [0, 0.1) is 6.92 Å². The largest absolute Gasteiger partial charge is 0.487 e. The highest BCUT2D eigenvalue weighted by molar-refractivity contribution is 5.49. The summed E-state index contributed by atoms with van der Waals surface area (Å²) in [7, 11) is 4.12. The molecule has 98 valence electrons. The van der Waals surface area contributed by atoms with Crippen LogP contribution in [0.15, 0.2) is 18.2 Å². The molecule has 0 radical (unpaired) electrons. The van der Waals surface area contributed by atoms with E-state index in [-0.39, 0.29) is 6.10 Å². The van der Waals surface area contributed by atoms with Gasteiger partial charge in [-0.3, -0.25) is 4.79 Å². The van der Waals surface area contributed by atoms with Gasteiger partial charge in [0, 0.05) is 6.54 Å². The highest BCUT2D eigenvalue weighted by Crippen LogP contribution is 2.21. The molecule has 18 heavy (non-hydrogen) atoms. The minimum atomic E-state index is 0.147. The van der Waals surface area contributed by atoms with E-state index >= 15 is 0 Å². The number of rotatable bonds is 5. The monoisotopic (exact) mass is 248 g/mol. The molecule has 0 N–H and O–H groups in total. The van der Waals surface area contributed by atoms with Gasteiger partial charge in [0.25, 0.3) is 0 Å². The normalized spacial score (nSPS) is 15.7. The van der Waals surface area contributed by atoms with Gasteiger partial charge < -0.3 is 14.5 Å². The minimum Gasteiger partial charge on any atom is -0.487 e. The Morgan fingerprint density at radius 2 is 2.17 bits per heavy atom. The molecule has 1 aromatic carbocycles. The topological polar surface area (TPSA) is 32.8 Å². The Morgan fingerprint density at radius 3 is 2.72 bits per heavy atom. The van der Waals surface area contributed by atoms with Crippen LogP contribution in [0.2, 0.25) is 0 Å². The van der Waals surface area contributed by atoms with E-state index in [1.807, 2.05) is 6.07 Å². The van der Waals surface area contributed by atoms with Gasteiger partial charge in [-0.15, -0.1) is 0 Å². The van der Waals surface area contributed by atoms with Crippen LogP contribution >= 0.6 is 0 Å². The van der Waals surface area contributed by atoms with Crippen molar-refractivity contribution in [1.29, 1.82) is 0 Å². The molecule has 2 rings (SSSR count). The van der Waals surface area contributed by atoms with Gasteiger partial charge >= 0.3 is 0 Å². The first kappa shape index (κ1) is 12.9. The van der Waals surface area contributed by atoms with E-state index in [4.69, 9.17) is 4.74 Å². The van der Waals surface area contributed by atoms with Gasteiger partial charge in [-0.2, -0.15) is 0 Å². The molecule has 0 aliphatic carbocycles. The second kappa shape index (κ2) is 5.40. The number of nitrogens with zero attached hydrogens (tertiary/aromatic N) is 2. The van der Waals surface area contributed by atoms with Gasteiger partial charge in [-0.25, -0.2) is 0 Å².